The highest BCUT2D eigenvalue weighted by Gasteiger charge is 2.14. The van der Waals surface area contributed by atoms with E-state index in [9.17, 15) is 9.90 Å². The van der Waals surface area contributed by atoms with E-state index in [0.717, 1.165) is 10.9 Å². The van der Waals surface area contributed by atoms with Gasteiger partial charge in [0, 0.05) is 17.0 Å². The van der Waals surface area contributed by atoms with Crippen LogP contribution in [0.4, 0.5) is 0 Å². The van der Waals surface area contributed by atoms with Crippen LogP contribution in [0.5, 0.6) is 5.75 Å². The molecule has 0 saturated carbocycles. The Morgan fingerprint density at radius 3 is 2.50 bits per heavy atom. The molecule has 2 aromatic carbocycles. The second-order valence-electron chi connectivity index (χ2n) is 5.12. The summed E-state index contributed by atoms with van der Waals surface area (Å²) in [5.74, 6) is 0.498. The van der Waals surface area contributed by atoms with Crippen molar-refractivity contribution in [2.75, 3.05) is 7.11 Å². The zero-order valence-electron chi connectivity index (χ0n) is 12.4. The Balaban J connectivity index is 2.27. The second kappa shape index (κ2) is 5.66. The normalized spacial score (nSPS) is 12.3. The first-order chi connectivity index (χ1) is 10.6. The van der Waals surface area contributed by atoms with Gasteiger partial charge >= 0.3 is 5.63 Å². The zero-order valence-corrected chi connectivity index (χ0v) is 12.4. The molecule has 22 heavy (non-hydrogen) atoms. The van der Waals surface area contributed by atoms with Gasteiger partial charge in [-0.15, -0.1) is 0 Å². The van der Waals surface area contributed by atoms with E-state index in [4.69, 9.17) is 9.15 Å². The summed E-state index contributed by atoms with van der Waals surface area (Å²) in [7, 11) is 1.52. The van der Waals surface area contributed by atoms with Gasteiger partial charge in [0.15, 0.2) is 0 Å². The number of rotatable bonds is 3. The van der Waals surface area contributed by atoms with Crippen LogP contribution in [0.3, 0.4) is 0 Å². The number of ether oxygens (including phenoxy) is 1. The van der Waals surface area contributed by atoms with E-state index in [0.29, 0.717) is 22.5 Å². The second-order valence-corrected chi connectivity index (χ2v) is 5.12. The first kappa shape index (κ1) is 14.4. The summed E-state index contributed by atoms with van der Waals surface area (Å²) in [5.41, 5.74) is 1.99. The molecule has 4 nitrogen and oxygen atoms in total. The minimum atomic E-state index is -0.675. The van der Waals surface area contributed by atoms with Crippen molar-refractivity contribution in [3.05, 3.63) is 64.5 Å². The van der Waals surface area contributed by atoms with Gasteiger partial charge in [-0.2, -0.15) is 0 Å². The summed E-state index contributed by atoms with van der Waals surface area (Å²) in [6.45, 7) is 1.67. The van der Waals surface area contributed by atoms with Crippen LogP contribution in [0.2, 0.25) is 0 Å². The lowest BCUT2D eigenvalue weighted by Gasteiger charge is -2.12. The van der Waals surface area contributed by atoms with Crippen LogP contribution >= 0.6 is 0 Å². The van der Waals surface area contributed by atoms with Gasteiger partial charge in [0.25, 0.3) is 0 Å². The van der Waals surface area contributed by atoms with Gasteiger partial charge in [0.05, 0.1) is 18.8 Å². The SMILES string of the molecule is COc1cc2oc(=O)c(-c3ccccc3)cc2cc1C(C)O. The molecule has 0 aliphatic rings. The van der Waals surface area contributed by atoms with Crippen LogP contribution in [-0.2, 0) is 0 Å². The molecule has 0 fully saturated rings. The molecule has 1 N–H and O–H groups in total. The fraction of sp³-hybridized carbons (Fsp3) is 0.167. The number of aliphatic hydroxyl groups is 1. The molecule has 0 saturated heterocycles. The maximum Gasteiger partial charge on any atom is 0.344 e. The van der Waals surface area contributed by atoms with Gasteiger partial charge in [0.1, 0.15) is 11.3 Å². The topological polar surface area (TPSA) is 59.7 Å². The molecule has 0 aliphatic carbocycles. The Bertz CT molecular complexity index is 863. The molecular weight excluding hydrogens is 280 g/mol. The molecular formula is C18H16O4. The Morgan fingerprint density at radius 2 is 1.86 bits per heavy atom. The highest BCUT2D eigenvalue weighted by atomic mass is 16.5. The average molecular weight is 296 g/mol. The average Bonchev–Trinajstić information content (AvgIpc) is 2.53. The summed E-state index contributed by atoms with van der Waals surface area (Å²) in [4.78, 5) is 12.2. The van der Waals surface area contributed by atoms with Gasteiger partial charge in [0.2, 0.25) is 0 Å². The number of benzene rings is 2. The van der Waals surface area contributed by atoms with Gasteiger partial charge in [-0.3, -0.25) is 0 Å². The van der Waals surface area contributed by atoms with Crippen molar-refractivity contribution in [1.82, 2.24) is 0 Å². The van der Waals surface area contributed by atoms with Crippen LogP contribution in [0.25, 0.3) is 22.1 Å². The van der Waals surface area contributed by atoms with Crippen molar-refractivity contribution < 1.29 is 14.3 Å². The predicted octanol–water partition coefficient (Wildman–Crippen LogP) is 3.52. The van der Waals surface area contributed by atoms with Crippen LogP contribution in [0.1, 0.15) is 18.6 Å². The third-order valence-corrected chi connectivity index (χ3v) is 3.62. The largest absolute Gasteiger partial charge is 0.496 e. The smallest absolute Gasteiger partial charge is 0.344 e. The quantitative estimate of drug-likeness (QED) is 0.751. The minimum Gasteiger partial charge on any atom is -0.496 e. The number of hydrogen-bond acceptors (Lipinski definition) is 4. The summed E-state index contributed by atoms with van der Waals surface area (Å²) in [5, 5.41) is 10.6. The summed E-state index contributed by atoms with van der Waals surface area (Å²) in [6.07, 6.45) is -0.675. The molecule has 3 rings (SSSR count). The summed E-state index contributed by atoms with van der Waals surface area (Å²) in [6, 6.07) is 14.5. The lowest BCUT2D eigenvalue weighted by molar-refractivity contribution is 0.194. The van der Waals surface area contributed by atoms with E-state index in [1.165, 1.54) is 7.11 Å². The number of aliphatic hydroxyl groups excluding tert-OH is 1. The van der Waals surface area contributed by atoms with E-state index >= 15 is 0 Å². The Labute approximate surface area is 127 Å². The molecule has 0 amide bonds. The van der Waals surface area contributed by atoms with Crippen LogP contribution < -0.4 is 10.4 Å². The van der Waals surface area contributed by atoms with Crippen molar-refractivity contribution in [2.24, 2.45) is 0 Å². The zero-order chi connectivity index (χ0) is 15.7. The first-order valence-corrected chi connectivity index (χ1v) is 6.99. The standard InChI is InChI=1S/C18H16O4/c1-11(19)14-8-13-9-15(12-6-4-3-5-7-12)18(20)22-16(13)10-17(14)21-2/h3-11,19H,1-2H3. The fourth-order valence-corrected chi connectivity index (χ4v) is 2.49. The highest BCUT2D eigenvalue weighted by molar-refractivity contribution is 5.84. The third kappa shape index (κ3) is 2.49. The number of hydrogen-bond donors (Lipinski definition) is 1. The van der Waals surface area contributed by atoms with Crippen LogP contribution in [0, 0.1) is 0 Å². The predicted molar refractivity (Wildman–Crippen MR) is 85.1 cm³/mol. The third-order valence-electron chi connectivity index (χ3n) is 3.62. The molecule has 112 valence electrons. The van der Waals surface area contributed by atoms with Gasteiger partial charge in [-0.05, 0) is 24.6 Å². The van der Waals surface area contributed by atoms with E-state index in [1.54, 1.807) is 25.1 Å². The van der Waals surface area contributed by atoms with Crippen molar-refractivity contribution >= 4 is 11.0 Å². The highest BCUT2D eigenvalue weighted by Crippen LogP contribution is 2.31. The van der Waals surface area contributed by atoms with Crippen molar-refractivity contribution in [3.8, 4) is 16.9 Å². The summed E-state index contributed by atoms with van der Waals surface area (Å²) < 4.78 is 10.7. The van der Waals surface area contributed by atoms with Crippen molar-refractivity contribution in [2.45, 2.75) is 13.0 Å². The number of fused-ring (bicyclic) bond motifs is 1. The van der Waals surface area contributed by atoms with E-state index in [2.05, 4.69) is 0 Å². The lowest BCUT2D eigenvalue weighted by Crippen LogP contribution is -2.04. The lowest BCUT2D eigenvalue weighted by atomic mass is 10.0. The molecule has 0 radical (unpaired) electrons. The van der Waals surface area contributed by atoms with Gasteiger partial charge in [-0.1, -0.05) is 30.3 Å². The van der Waals surface area contributed by atoms with E-state index < -0.39 is 11.7 Å². The molecule has 1 atom stereocenters. The Hall–Kier alpha value is -2.59. The monoisotopic (exact) mass is 296 g/mol. The Kier molecular flexibility index (Phi) is 3.69. The molecule has 4 heteroatoms. The number of methoxy groups -OCH3 is 1. The minimum absolute atomic E-state index is 0.398. The van der Waals surface area contributed by atoms with Gasteiger partial charge < -0.3 is 14.3 Å². The van der Waals surface area contributed by atoms with Gasteiger partial charge in [-0.25, -0.2) is 4.79 Å². The first-order valence-electron chi connectivity index (χ1n) is 6.99. The van der Waals surface area contributed by atoms with Crippen LogP contribution in [-0.4, -0.2) is 12.2 Å². The molecule has 1 unspecified atom stereocenters. The fourth-order valence-electron chi connectivity index (χ4n) is 2.49. The van der Waals surface area contributed by atoms with Crippen molar-refractivity contribution in [1.29, 1.82) is 0 Å². The Morgan fingerprint density at radius 1 is 1.14 bits per heavy atom. The van der Waals surface area contributed by atoms with Crippen LogP contribution in [0.15, 0.2) is 57.7 Å². The molecule has 0 bridgehead atoms. The molecule has 1 heterocycles. The molecule has 3 aromatic rings. The summed E-state index contributed by atoms with van der Waals surface area (Å²) >= 11 is 0. The molecule has 0 aliphatic heterocycles. The maximum atomic E-state index is 12.2. The van der Waals surface area contributed by atoms with E-state index in [-0.39, 0.29) is 0 Å². The maximum absolute atomic E-state index is 12.2. The molecule has 1 aromatic heterocycles. The molecule has 0 spiro atoms. The van der Waals surface area contributed by atoms with Crippen molar-refractivity contribution in [3.63, 3.8) is 0 Å². The van der Waals surface area contributed by atoms with E-state index in [1.807, 2.05) is 30.3 Å².